The molecule has 4 nitrogen and oxygen atoms in total. The number of nitrogens with zero attached hydrogens (tertiary/aromatic N) is 1. The van der Waals surface area contributed by atoms with Crippen LogP contribution in [-0.4, -0.2) is 42.2 Å². The lowest BCUT2D eigenvalue weighted by molar-refractivity contribution is -0.150. The van der Waals surface area contributed by atoms with Crippen molar-refractivity contribution in [3.05, 3.63) is 71.3 Å². The Hall–Kier alpha value is -2.31. The van der Waals surface area contributed by atoms with E-state index in [0.717, 1.165) is 31.2 Å². The minimum Gasteiger partial charge on any atom is -0.461 e. The highest BCUT2D eigenvalue weighted by atomic mass is 19.1. The van der Waals surface area contributed by atoms with Crippen molar-refractivity contribution in [2.24, 2.45) is 5.92 Å². The fraction of sp³-hybridized carbons (Fsp3) is 0.458. The van der Waals surface area contributed by atoms with Gasteiger partial charge in [0.1, 0.15) is 18.2 Å². The van der Waals surface area contributed by atoms with Gasteiger partial charge in [-0.05, 0) is 36.5 Å². The van der Waals surface area contributed by atoms with Crippen LogP contribution in [-0.2, 0) is 20.9 Å². The molecular weight excluding hydrogens is 388 g/mol. The predicted octanol–water partition coefficient (Wildman–Crippen LogP) is 4.04. The Morgan fingerprint density at radius 1 is 1.07 bits per heavy atom. The second-order valence-corrected chi connectivity index (χ2v) is 8.64. The number of fused-ring (bicyclic) bond motifs is 2. The molecule has 5 rings (SSSR count). The molecule has 1 saturated carbocycles. The lowest BCUT2D eigenvalue weighted by Crippen LogP contribution is -2.43. The summed E-state index contributed by atoms with van der Waals surface area (Å²) in [5.74, 6) is -2.27. The fourth-order valence-electron chi connectivity index (χ4n) is 5.40. The van der Waals surface area contributed by atoms with Gasteiger partial charge in [0.05, 0.1) is 18.6 Å². The van der Waals surface area contributed by atoms with Crippen LogP contribution >= 0.6 is 0 Å². The maximum Gasteiger partial charge on any atom is 0.309 e. The third kappa shape index (κ3) is 3.74. The Balaban J connectivity index is 1.36. The van der Waals surface area contributed by atoms with Crippen LogP contribution < -0.4 is 0 Å². The van der Waals surface area contributed by atoms with Crippen molar-refractivity contribution in [1.29, 1.82) is 0 Å². The summed E-state index contributed by atoms with van der Waals surface area (Å²) in [6.45, 7) is 1.78. The van der Waals surface area contributed by atoms with Crippen LogP contribution in [0.3, 0.4) is 0 Å². The Morgan fingerprint density at radius 2 is 1.90 bits per heavy atom. The number of carbonyl (C=O) groups is 1. The van der Waals surface area contributed by atoms with Crippen LogP contribution in [0.5, 0.6) is 0 Å². The predicted molar refractivity (Wildman–Crippen MR) is 107 cm³/mol. The maximum atomic E-state index is 14.6. The molecule has 5 atom stereocenters. The monoisotopic (exact) mass is 413 g/mol. The highest BCUT2D eigenvalue weighted by Gasteiger charge is 2.49. The average Bonchev–Trinajstić information content (AvgIpc) is 3.48. The van der Waals surface area contributed by atoms with Crippen molar-refractivity contribution in [3.8, 4) is 0 Å². The van der Waals surface area contributed by atoms with Gasteiger partial charge in [-0.2, -0.15) is 0 Å². The third-order valence-corrected chi connectivity index (χ3v) is 6.84. The van der Waals surface area contributed by atoms with Crippen LogP contribution in [0.2, 0.25) is 0 Å². The van der Waals surface area contributed by atoms with Crippen molar-refractivity contribution in [3.63, 3.8) is 0 Å². The Labute approximate surface area is 174 Å². The van der Waals surface area contributed by atoms with E-state index in [1.165, 1.54) is 12.1 Å². The summed E-state index contributed by atoms with van der Waals surface area (Å²) >= 11 is 0. The first-order valence-corrected chi connectivity index (χ1v) is 10.6. The summed E-state index contributed by atoms with van der Waals surface area (Å²) in [4.78, 5) is 15.5. The highest BCUT2D eigenvalue weighted by Crippen LogP contribution is 2.46. The smallest absolute Gasteiger partial charge is 0.309 e. The quantitative estimate of drug-likeness (QED) is 0.694. The number of benzene rings is 2. The second-order valence-electron chi connectivity index (χ2n) is 8.64. The van der Waals surface area contributed by atoms with E-state index < -0.39 is 17.6 Å². The van der Waals surface area contributed by atoms with Gasteiger partial charge in [-0.25, -0.2) is 8.78 Å². The molecule has 0 N–H and O–H groups in total. The molecule has 6 heteroatoms. The van der Waals surface area contributed by atoms with E-state index in [9.17, 15) is 13.6 Å². The average molecular weight is 413 g/mol. The van der Waals surface area contributed by atoms with E-state index >= 15 is 0 Å². The Bertz CT molecular complexity index is 922. The number of ether oxygens (including phenoxy) is 2. The number of esters is 1. The first kappa shape index (κ1) is 19.6. The topological polar surface area (TPSA) is 38.8 Å². The molecule has 2 bridgehead atoms. The molecule has 0 unspecified atom stereocenters. The zero-order valence-electron chi connectivity index (χ0n) is 16.7. The molecule has 0 radical (unpaired) electrons. The van der Waals surface area contributed by atoms with E-state index in [1.54, 1.807) is 0 Å². The number of hydrogen-bond acceptors (Lipinski definition) is 4. The van der Waals surface area contributed by atoms with Gasteiger partial charge in [-0.3, -0.25) is 9.69 Å². The van der Waals surface area contributed by atoms with E-state index in [-0.39, 0.29) is 30.6 Å². The van der Waals surface area contributed by atoms with Crippen molar-refractivity contribution < 1.29 is 23.0 Å². The lowest BCUT2D eigenvalue weighted by atomic mass is 9.88. The number of hydrogen-bond donors (Lipinski definition) is 0. The van der Waals surface area contributed by atoms with Crippen LogP contribution in [0.25, 0.3) is 0 Å². The summed E-state index contributed by atoms with van der Waals surface area (Å²) in [5.41, 5.74) is 1.32. The summed E-state index contributed by atoms with van der Waals surface area (Å²) < 4.78 is 39.4. The summed E-state index contributed by atoms with van der Waals surface area (Å²) in [6, 6.07) is 13.7. The number of likely N-dealkylation sites (tertiary alicyclic amines) is 1. The molecule has 3 fully saturated rings. The van der Waals surface area contributed by atoms with E-state index in [0.29, 0.717) is 24.4 Å². The molecule has 158 valence electrons. The zero-order valence-corrected chi connectivity index (χ0v) is 16.7. The first-order chi connectivity index (χ1) is 14.6. The lowest BCUT2D eigenvalue weighted by Gasteiger charge is -2.32. The summed E-state index contributed by atoms with van der Waals surface area (Å²) in [7, 11) is 0. The van der Waals surface area contributed by atoms with Crippen molar-refractivity contribution >= 4 is 5.97 Å². The summed E-state index contributed by atoms with van der Waals surface area (Å²) in [5, 5.41) is 0. The largest absolute Gasteiger partial charge is 0.461 e. The van der Waals surface area contributed by atoms with Gasteiger partial charge in [-0.1, -0.05) is 36.4 Å². The van der Waals surface area contributed by atoms with Gasteiger partial charge in [0.15, 0.2) is 0 Å². The normalized spacial score (nSPS) is 30.7. The van der Waals surface area contributed by atoms with Gasteiger partial charge in [0.25, 0.3) is 0 Å². The van der Waals surface area contributed by atoms with Gasteiger partial charge in [-0.15, -0.1) is 0 Å². The minimum absolute atomic E-state index is 0.174. The molecular formula is C24H25F2NO3. The SMILES string of the molecule is O=C(OCc1ccccc1)[C@@H]1C[C@H](N2C[C@@H]3C[C@H]2CO3)C[C@H]1c1ccc(F)cc1F. The second kappa shape index (κ2) is 8.08. The van der Waals surface area contributed by atoms with Crippen LogP contribution in [0, 0.1) is 17.6 Å². The molecule has 2 heterocycles. The zero-order chi connectivity index (χ0) is 20.7. The van der Waals surface area contributed by atoms with E-state index in [1.807, 2.05) is 30.3 Å². The molecule has 3 aliphatic rings. The first-order valence-electron chi connectivity index (χ1n) is 10.6. The van der Waals surface area contributed by atoms with Crippen molar-refractivity contribution in [2.45, 2.75) is 50.0 Å². The Kier molecular flexibility index (Phi) is 5.29. The van der Waals surface area contributed by atoms with Crippen molar-refractivity contribution in [1.82, 2.24) is 4.90 Å². The molecule has 2 aromatic carbocycles. The van der Waals surface area contributed by atoms with Crippen molar-refractivity contribution in [2.75, 3.05) is 13.2 Å². The highest BCUT2D eigenvalue weighted by molar-refractivity contribution is 5.74. The third-order valence-electron chi connectivity index (χ3n) is 6.84. The molecule has 30 heavy (non-hydrogen) atoms. The number of rotatable bonds is 5. The summed E-state index contributed by atoms with van der Waals surface area (Å²) in [6.07, 6.45) is 2.57. The maximum absolute atomic E-state index is 14.6. The van der Waals surface area contributed by atoms with E-state index in [2.05, 4.69) is 4.90 Å². The molecule has 0 spiro atoms. The Morgan fingerprint density at radius 3 is 2.60 bits per heavy atom. The molecule has 1 aliphatic carbocycles. The molecule has 2 saturated heterocycles. The van der Waals surface area contributed by atoms with Crippen LogP contribution in [0.15, 0.2) is 48.5 Å². The number of halogens is 2. The van der Waals surface area contributed by atoms with Crippen LogP contribution in [0.4, 0.5) is 8.78 Å². The van der Waals surface area contributed by atoms with Gasteiger partial charge in [0, 0.05) is 30.6 Å². The minimum atomic E-state index is -0.608. The molecule has 2 aliphatic heterocycles. The van der Waals surface area contributed by atoms with Crippen LogP contribution in [0.1, 0.15) is 36.3 Å². The fourth-order valence-corrected chi connectivity index (χ4v) is 5.40. The standard InChI is InChI=1S/C24H25F2NO3/c25-16-6-7-20(23(26)8-16)21-10-17(27-12-19-9-18(27)14-29-19)11-22(21)24(28)30-13-15-4-2-1-3-5-15/h1-8,17-19,21-22H,9-14H2/t17-,18+,19+,21+,22-/m1/s1. The van der Waals surface area contributed by atoms with Gasteiger partial charge < -0.3 is 9.47 Å². The number of carbonyl (C=O) groups excluding carboxylic acids is 1. The van der Waals surface area contributed by atoms with E-state index in [4.69, 9.17) is 9.47 Å². The van der Waals surface area contributed by atoms with Gasteiger partial charge >= 0.3 is 5.97 Å². The molecule has 2 aromatic rings. The van der Waals surface area contributed by atoms with Gasteiger partial charge in [0.2, 0.25) is 0 Å². The molecule has 0 aromatic heterocycles. The molecule has 0 amide bonds. The number of morpholine rings is 1.